The lowest BCUT2D eigenvalue weighted by molar-refractivity contribution is -0.116. The molecule has 1 aliphatic rings. The van der Waals surface area contributed by atoms with Gasteiger partial charge in [-0.15, -0.1) is 0 Å². The smallest absolute Gasteiger partial charge is 0.169 e. The molecular formula is C17H25N3O3. The number of morpholine rings is 1. The van der Waals surface area contributed by atoms with Crippen molar-refractivity contribution in [2.75, 3.05) is 39.5 Å². The molecule has 1 fully saturated rings. The molecule has 0 bridgehead atoms. The Kier molecular flexibility index (Phi) is 6.55. The number of hydrogen-bond donors (Lipinski definition) is 1. The molecule has 23 heavy (non-hydrogen) atoms. The van der Waals surface area contributed by atoms with E-state index in [-0.39, 0.29) is 11.7 Å². The maximum atomic E-state index is 12.2. The number of Topliss-reactive ketones (excluding diaryl/α,β-unsaturated/α-hetero) is 1. The second-order valence-corrected chi connectivity index (χ2v) is 5.78. The minimum Gasteiger partial charge on any atom is -0.492 e. The van der Waals surface area contributed by atoms with Crippen LogP contribution in [0.4, 0.5) is 0 Å². The molecule has 2 heterocycles. The van der Waals surface area contributed by atoms with Crippen LogP contribution >= 0.6 is 0 Å². The van der Waals surface area contributed by atoms with Crippen molar-refractivity contribution in [1.29, 1.82) is 0 Å². The highest BCUT2D eigenvalue weighted by atomic mass is 16.5. The number of ketones is 1. The number of carbonyl (C=O) groups is 1. The summed E-state index contributed by atoms with van der Waals surface area (Å²) >= 11 is 0. The summed E-state index contributed by atoms with van der Waals surface area (Å²) in [5.41, 5.74) is 6.59. The molecular weight excluding hydrogens is 294 g/mol. The van der Waals surface area contributed by atoms with E-state index in [0.717, 1.165) is 32.8 Å². The average Bonchev–Trinajstić information content (AvgIpc) is 2.57. The number of pyridine rings is 1. The topological polar surface area (TPSA) is 77.7 Å². The highest BCUT2D eigenvalue weighted by Gasteiger charge is 2.17. The lowest BCUT2D eigenvalue weighted by Gasteiger charge is -2.26. The van der Waals surface area contributed by atoms with E-state index >= 15 is 0 Å². The number of nitrogens with zero attached hydrogens (tertiary/aromatic N) is 2. The monoisotopic (exact) mass is 319 g/mol. The molecule has 0 aliphatic carbocycles. The second kappa shape index (κ2) is 8.64. The molecule has 0 unspecified atom stereocenters. The highest BCUT2D eigenvalue weighted by molar-refractivity contribution is 6.20. The molecule has 0 amide bonds. The van der Waals surface area contributed by atoms with Gasteiger partial charge in [-0.2, -0.15) is 0 Å². The Balaban J connectivity index is 1.94. The van der Waals surface area contributed by atoms with Crippen molar-refractivity contribution in [3.63, 3.8) is 0 Å². The SMILES string of the molecule is CC(C)C(=O)C(=CN)c1cc(OCCN2CCOCC2)ccn1. The van der Waals surface area contributed by atoms with Crippen LogP contribution in [0, 0.1) is 5.92 Å². The van der Waals surface area contributed by atoms with Gasteiger partial charge in [0, 0.05) is 44.0 Å². The zero-order valence-corrected chi connectivity index (χ0v) is 13.8. The second-order valence-electron chi connectivity index (χ2n) is 5.78. The minimum atomic E-state index is -0.127. The number of allylic oxidation sites excluding steroid dienone is 1. The molecule has 0 aromatic carbocycles. The maximum Gasteiger partial charge on any atom is 0.169 e. The lowest BCUT2D eigenvalue weighted by atomic mass is 9.99. The standard InChI is InChI=1S/C17H25N3O3/c1-13(2)17(21)15(12-18)16-11-14(3-4-19-16)23-10-7-20-5-8-22-9-6-20/h3-4,11-13H,5-10,18H2,1-2H3. The predicted octanol–water partition coefficient (Wildman–Crippen LogP) is 1.32. The third-order valence-corrected chi connectivity index (χ3v) is 3.74. The Morgan fingerprint density at radius 3 is 2.87 bits per heavy atom. The summed E-state index contributed by atoms with van der Waals surface area (Å²) in [5.74, 6) is 0.544. The molecule has 0 radical (unpaired) electrons. The van der Waals surface area contributed by atoms with Crippen LogP contribution in [0.25, 0.3) is 5.57 Å². The van der Waals surface area contributed by atoms with E-state index in [4.69, 9.17) is 15.2 Å². The average molecular weight is 319 g/mol. The first kappa shape index (κ1) is 17.4. The fourth-order valence-electron chi connectivity index (χ4n) is 2.37. The molecule has 2 rings (SSSR count). The van der Waals surface area contributed by atoms with Gasteiger partial charge in [-0.1, -0.05) is 13.8 Å². The van der Waals surface area contributed by atoms with Crippen LogP contribution in [0.15, 0.2) is 24.5 Å². The summed E-state index contributed by atoms with van der Waals surface area (Å²) < 4.78 is 11.1. The van der Waals surface area contributed by atoms with Crippen LogP contribution in [0.2, 0.25) is 0 Å². The number of nitrogens with two attached hydrogens (primary N) is 1. The van der Waals surface area contributed by atoms with E-state index in [1.807, 2.05) is 13.8 Å². The summed E-state index contributed by atoms with van der Waals surface area (Å²) in [6.07, 6.45) is 2.96. The van der Waals surface area contributed by atoms with E-state index in [1.165, 1.54) is 6.20 Å². The summed E-state index contributed by atoms with van der Waals surface area (Å²) in [6, 6.07) is 3.55. The molecule has 6 heteroatoms. The molecule has 0 spiro atoms. The Bertz CT molecular complexity index is 552. The van der Waals surface area contributed by atoms with Gasteiger partial charge in [-0.05, 0) is 6.07 Å². The van der Waals surface area contributed by atoms with Crippen LogP contribution in [0.1, 0.15) is 19.5 Å². The third-order valence-electron chi connectivity index (χ3n) is 3.74. The molecule has 1 aliphatic heterocycles. The minimum absolute atomic E-state index is 0.0227. The van der Waals surface area contributed by atoms with E-state index in [2.05, 4.69) is 9.88 Å². The van der Waals surface area contributed by atoms with Crippen molar-refractivity contribution in [3.8, 4) is 5.75 Å². The summed E-state index contributed by atoms with van der Waals surface area (Å²) in [6.45, 7) is 8.56. The third kappa shape index (κ3) is 5.04. The van der Waals surface area contributed by atoms with E-state index in [1.54, 1.807) is 18.3 Å². The quantitative estimate of drug-likeness (QED) is 0.764. The molecule has 126 valence electrons. The summed E-state index contributed by atoms with van der Waals surface area (Å²) in [4.78, 5) is 18.7. The van der Waals surface area contributed by atoms with Crippen molar-refractivity contribution < 1.29 is 14.3 Å². The first-order chi connectivity index (χ1) is 11.1. The van der Waals surface area contributed by atoms with E-state index < -0.39 is 0 Å². The van der Waals surface area contributed by atoms with Gasteiger partial charge in [-0.3, -0.25) is 14.7 Å². The normalized spacial score (nSPS) is 16.6. The molecule has 1 saturated heterocycles. The Hall–Kier alpha value is -1.92. The van der Waals surface area contributed by atoms with Crippen LogP contribution < -0.4 is 10.5 Å². The number of carbonyl (C=O) groups excluding carboxylic acids is 1. The predicted molar refractivity (Wildman–Crippen MR) is 89.0 cm³/mol. The van der Waals surface area contributed by atoms with Crippen molar-refractivity contribution in [2.45, 2.75) is 13.8 Å². The zero-order valence-electron chi connectivity index (χ0n) is 13.8. The lowest BCUT2D eigenvalue weighted by Crippen LogP contribution is -2.38. The highest BCUT2D eigenvalue weighted by Crippen LogP contribution is 2.20. The molecule has 0 atom stereocenters. The van der Waals surface area contributed by atoms with Crippen molar-refractivity contribution >= 4 is 11.4 Å². The first-order valence-corrected chi connectivity index (χ1v) is 7.97. The van der Waals surface area contributed by atoms with Gasteiger partial charge in [0.05, 0.1) is 24.5 Å². The van der Waals surface area contributed by atoms with E-state index in [9.17, 15) is 4.79 Å². The van der Waals surface area contributed by atoms with Crippen LogP contribution in [0.5, 0.6) is 5.75 Å². The first-order valence-electron chi connectivity index (χ1n) is 7.97. The largest absolute Gasteiger partial charge is 0.492 e. The maximum absolute atomic E-state index is 12.2. The molecule has 0 saturated carbocycles. The molecule has 1 aromatic rings. The van der Waals surface area contributed by atoms with Gasteiger partial charge in [0.2, 0.25) is 0 Å². The van der Waals surface area contributed by atoms with Gasteiger partial charge in [0.15, 0.2) is 5.78 Å². The molecule has 1 aromatic heterocycles. The molecule has 2 N–H and O–H groups in total. The number of hydrogen-bond acceptors (Lipinski definition) is 6. The number of ether oxygens (including phenoxy) is 2. The number of rotatable bonds is 7. The van der Waals surface area contributed by atoms with Gasteiger partial charge in [0.25, 0.3) is 0 Å². The summed E-state index contributed by atoms with van der Waals surface area (Å²) in [7, 11) is 0. The van der Waals surface area contributed by atoms with E-state index in [0.29, 0.717) is 23.6 Å². The Morgan fingerprint density at radius 1 is 1.48 bits per heavy atom. The van der Waals surface area contributed by atoms with Crippen LogP contribution in [-0.2, 0) is 9.53 Å². The van der Waals surface area contributed by atoms with Crippen molar-refractivity contribution in [2.24, 2.45) is 11.7 Å². The van der Waals surface area contributed by atoms with Gasteiger partial charge < -0.3 is 15.2 Å². The fraction of sp³-hybridized carbons (Fsp3) is 0.529. The number of aromatic nitrogens is 1. The van der Waals surface area contributed by atoms with Crippen LogP contribution in [-0.4, -0.2) is 55.1 Å². The summed E-state index contributed by atoms with van der Waals surface area (Å²) in [5, 5.41) is 0. The molecule has 6 nitrogen and oxygen atoms in total. The Labute approximate surface area is 137 Å². The van der Waals surface area contributed by atoms with Crippen LogP contribution in [0.3, 0.4) is 0 Å². The zero-order chi connectivity index (χ0) is 16.7. The van der Waals surface area contributed by atoms with Crippen molar-refractivity contribution in [1.82, 2.24) is 9.88 Å². The van der Waals surface area contributed by atoms with Gasteiger partial charge >= 0.3 is 0 Å². The fourth-order valence-corrected chi connectivity index (χ4v) is 2.37. The van der Waals surface area contributed by atoms with Gasteiger partial charge in [-0.25, -0.2) is 0 Å². The van der Waals surface area contributed by atoms with Crippen molar-refractivity contribution in [3.05, 3.63) is 30.2 Å². The van der Waals surface area contributed by atoms with Gasteiger partial charge in [0.1, 0.15) is 12.4 Å². The Morgan fingerprint density at radius 2 is 2.22 bits per heavy atom.